The topological polar surface area (TPSA) is 74.6 Å². The summed E-state index contributed by atoms with van der Waals surface area (Å²) in [5.74, 6) is 0.0988. The molecule has 4 unspecified atom stereocenters. The molecular weight excluding hydrogens is 379 g/mol. The lowest BCUT2D eigenvalue weighted by molar-refractivity contribution is 0.0235. The smallest absolute Gasteiger partial charge is 0.192 e. The Bertz CT molecular complexity index is 1190. The highest BCUT2D eigenvalue weighted by Gasteiger charge is 2.94. The van der Waals surface area contributed by atoms with E-state index in [2.05, 4.69) is 30.1 Å². The second-order valence-corrected chi connectivity index (χ2v) is 9.14. The van der Waals surface area contributed by atoms with Gasteiger partial charge in [0.05, 0.1) is 17.2 Å². The summed E-state index contributed by atoms with van der Waals surface area (Å²) in [5.41, 5.74) is 10.4. The van der Waals surface area contributed by atoms with E-state index < -0.39 is 5.82 Å². The van der Waals surface area contributed by atoms with Crippen molar-refractivity contribution in [2.75, 3.05) is 14.2 Å². The lowest BCUT2D eigenvalue weighted by Crippen LogP contribution is -2.50. The summed E-state index contributed by atoms with van der Waals surface area (Å²) in [6.07, 6.45) is 4.22. The molecule has 2 aromatic rings. The van der Waals surface area contributed by atoms with Gasteiger partial charge in [-0.05, 0) is 59.7 Å². The van der Waals surface area contributed by atoms with E-state index in [9.17, 15) is 9.65 Å². The average molecular weight is 402 g/mol. The van der Waals surface area contributed by atoms with Crippen molar-refractivity contribution in [1.29, 1.82) is 5.26 Å². The first-order valence-electron chi connectivity index (χ1n) is 10.4. The Kier molecular flexibility index (Phi) is 3.23. The molecule has 3 spiro atoms. The maximum Gasteiger partial charge on any atom is 0.192 e. The Hall–Kier alpha value is -2.91. The van der Waals surface area contributed by atoms with Crippen LogP contribution in [0.25, 0.3) is 11.1 Å². The molecule has 0 aromatic heterocycles. The fourth-order valence-electron chi connectivity index (χ4n) is 7.11. The van der Waals surface area contributed by atoms with Crippen molar-refractivity contribution in [3.63, 3.8) is 0 Å². The summed E-state index contributed by atoms with van der Waals surface area (Å²) < 4.78 is 19.6. The molecule has 2 N–H and O–H groups in total. The maximum atomic E-state index is 13.8. The van der Waals surface area contributed by atoms with Crippen LogP contribution in [-0.2, 0) is 16.7 Å². The van der Waals surface area contributed by atoms with Gasteiger partial charge in [-0.15, -0.1) is 0 Å². The van der Waals surface area contributed by atoms with Crippen molar-refractivity contribution < 1.29 is 9.13 Å². The fraction of sp³-hybridized carbons (Fsp3) is 0.417. The molecule has 1 aliphatic heterocycles. The van der Waals surface area contributed by atoms with Crippen molar-refractivity contribution in [2.24, 2.45) is 16.1 Å². The molecule has 4 atom stereocenters. The SMILES string of the molecule is COC1CCC23Cc4ccc(-c5ccc(F)c(C#N)c5)cc4C24N=C(N)N(C)C34C1. The van der Waals surface area contributed by atoms with Gasteiger partial charge in [-0.25, -0.2) is 9.38 Å². The van der Waals surface area contributed by atoms with E-state index in [1.54, 1.807) is 19.2 Å². The number of hydrogen-bond acceptors (Lipinski definition) is 5. The zero-order chi connectivity index (χ0) is 20.9. The highest BCUT2D eigenvalue weighted by molar-refractivity contribution is 5.88. The van der Waals surface area contributed by atoms with Gasteiger partial charge >= 0.3 is 0 Å². The average Bonchev–Trinajstić information content (AvgIpc) is 2.99. The Morgan fingerprint density at radius 2 is 2.03 bits per heavy atom. The van der Waals surface area contributed by atoms with Crippen LogP contribution >= 0.6 is 0 Å². The number of nitriles is 1. The standard InChI is InChI=1S/C24H23FN4O/c1-29-21(27)28-24-19-10-15(14-5-6-20(25)17(9-14)13-26)3-4-16(19)11-22(24)8-7-18(30-2)12-23(22,24)29/h3-6,9-10,18H,7-8,11-12H2,1-2H3,(H2,27,28). The number of nitrogens with zero attached hydrogens (tertiary/aromatic N) is 3. The number of nitrogens with two attached hydrogens (primary N) is 1. The summed E-state index contributed by atoms with van der Waals surface area (Å²) in [6.45, 7) is 0. The van der Waals surface area contributed by atoms with Crippen molar-refractivity contribution in [3.8, 4) is 17.2 Å². The van der Waals surface area contributed by atoms with E-state index in [0.717, 1.165) is 36.8 Å². The number of benzene rings is 2. The third-order valence-corrected chi connectivity index (χ3v) is 8.38. The van der Waals surface area contributed by atoms with Gasteiger partial charge in [0.2, 0.25) is 0 Å². The monoisotopic (exact) mass is 402 g/mol. The molecule has 0 amide bonds. The van der Waals surface area contributed by atoms with Gasteiger partial charge in [0.1, 0.15) is 17.4 Å². The van der Waals surface area contributed by atoms with Gasteiger partial charge in [-0.1, -0.05) is 18.2 Å². The number of guanidine groups is 1. The van der Waals surface area contributed by atoms with Gasteiger partial charge in [-0.2, -0.15) is 5.26 Å². The second-order valence-electron chi connectivity index (χ2n) is 9.14. The van der Waals surface area contributed by atoms with Crippen molar-refractivity contribution >= 4 is 5.96 Å². The van der Waals surface area contributed by atoms with E-state index in [1.165, 1.54) is 17.2 Å². The summed E-state index contributed by atoms with van der Waals surface area (Å²) in [6, 6.07) is 13.1. The summed E-state index contributed by atoms with van der Waals surface area (Å²) in [4.78, 5) is 7.30. The molecule has 3 aliphatic carbocycles. The number of aliphatic imine (C=N–C) groups is 1. The van der Waals surface area contributed by atoms with Crippen LogP contribution in [0.2, 0.25) is 0 Å². The number of ether oxygens (including phenoxy) is 1. The van der Waals surface area contributed by atoms with E-state index >= 15 is 0 Å². The van der Waals surface area contributed by atoms with E-state index in [0.29, 0.717) is 5.96 Å². The molecule has 1 heterocycles. The van der Waals surface area contributed by atoms with Crippen LogP contribution in [-0.4, -0.2) is 36.7 Å². The highest BCUT2D eigenvalue weighted by Crippen LogP contribution is 2.86. The first-order chi connectivity index (χ1) is 14.4. The van der Waals surface area contributed by atoms with E-state index in [4.69, 9.17) is 15.5 Å². The van der Waals surface area contributed by atoms with E-state index in [1.807, 2.05) is 6.07 Å². The normalized spacial score (nSPS) is 35.1. The van der Waals surface area contributed by atoms with Gasteiger partial charge in [0, 0.05) is 26.0 Å². The Morgan fingerprint density at radius 1 is 1.27 bits per heavy atom. The van der Waals surface area contributed by atoms with Crippen LogP contribution in [0.1, 0.15) is 36.0 Å². The van der Waals surface area contributed by atoms with Gasteiger partial charge in [0.15, 0.2) is 5.96 Å². The molecular formula is C24H23FN4O. The highest BCUT2D eigenvalue weighted by atomic mass is 19.1. The van der Waals surface area contributed by atoms with Gasteiger partial charge < -0.3 is 15.4 Å². The molecule has 2 fully saturated rings. The first-order valence-corrected chi connectivity index (χ1v) is 10.4. The Labute approximate surface area is 175 Å². The van der Waals surface area contributed by atoms with Crippen molar-refractivity contribution in [1.82, 2.24) is 4.90 Å². The number of halogens is 1. The molecule has 6 heteroatoms. The number of fused-ring (bicyclic) bond motifs is 1. The van der Waals surface area contributed by atoms with Crippen LogP contribution in [0.15, 0.2) is 41.4 Å². The molecule has 30 heavy (non-hydrogen) atoms. The second kappa shape index (κ2) is 5.41. The summed E-state index contributed by atoms with van der Waals surface area (Å²) in [7, 11) is 3.85. The Balaban J connectivity index is 1.52. The molecule has 0 bridgehead atoms. The van der Waals surface area contributed by atoms with Crippen LogP contribution in [0.4, 0.5) is 4.39 Å². The quantitative estimate of drug-likeness (QED) is 0.836. The summed E-state index contributed by atoms with van der Waals surface area (Å²) >= 11 is 0. The van der Waals surface area contributed by atoms with Gasteiger partial charge in [-0.3, -0.25) is 0 Å². The molecule has 152 valence electrons. The lowest BCUT2D eigenvalue weighted by atomic mass is 9.78. The number of hydrogen-bond donors (Lipinski definition) is 1. The molecule has 6 rings (SSSR count). The minimum atomic E-state index is -0.493. The molecule has 0 radical (unpaired) electrons. The first kappa shape index (κ1) is 17.9. The lowest BCUT2D eigenvalue weighted by Gasteiger charge is -2.39. The summed E-state index contributed by atoms with van der Waals surface area (Å²) in [5, 5.41) is 9.22. The third kappa shape index (κ3) is 1.68. The minimum absolute atomic E-state index is 0.0602. The number of rotatable bonds is 2. The predicted molar refractivity (Wildman–Crippen MR) is 111 cm³/mol. The fourth-order valence-corrected chi connectivity index (χ4v) is 7.11. The predicted octanol–water partition coefficient (Wildman–Crippen LogP) is 3.31. The number of methoxy groups -OCH3 is 1. The van der Waals surface area contributed by atoms with Crippen molar-refractivity contribution in [2.45, 2.75) is 42.9 Å². The Morgan fingerprint density at radius 3 is 2.80 bits per heavy atom. The molecule has 0 saturated heterocycles. The van der Waals surface area contributed by atoms with Crippen LogP contribution in [0.3, 0.4) is 0 Å². The number of likely N-dealkylation sites (N-methyl/N-ethyl adjacent to an activating group) is 1. The van der Waals surface area contributed by atoms with Gasteiger partial charge in [0.25, 0.3) is 0 Å². The molecule has 2 saturated carbocycles. The van der Waals surface area contributed by atoms with Crippen molar-refractivity contribution in [3.05, 3.63) is 58.9 Å². The third-order valence-electron chi connectivity index (χ3n) is 8.38. The zero-order valence-corrected chi connectivity index (χ0v) is 17.1. The molecule has 4 aliphatic rings. The van der Waals surface area contributed by atoms with Crippen LogP contribution in [0, 0.1) is 22.6 Å². The maximum absolute atomic E-state index is 13.8. The molecule has 5 nitrogen and oxygen atoms in total. The van der Waals surface area contributed by atoms with Crippen LogP contribution < -0.4 is 5.73 Å². The zero-order valence-electron chi connectivity index (χ0n) is 17.1. The van der Waals surface area contributed by atoms with E-state index in [-0.39, 0.29) is 28.2 Å². The molecule has 2 aromatic carbocycles. The minimum Gasteiger partial charge on any atom is -0.381 e. The van der Waals surface area contributed by atoms with Crippen LogP contribution in [0.5, 0.6) is 0 Å². The largest absolute Gasteiger partial charge is 0.381 e.